The molecule has 0 spiro atoms. The fourth-order valence-corrected chi connectivity index (χ4v) is 1.75. The van der Waals surface area contributed by atoms with Crippen molar-refractivity contribution in [3.05, 3.63) is 21.9 Å². The van der Waals surface area contributed by atoms with Gasteiger partial charge in [-0.1, -0.05) is 20.8 Å². The Bertz CT molecular complexity index is 404. The minimum Gasteiger partial charge on any atom is -0.476 e. The average Bonchev–Trinajstić information content (AvgIpc) is 2.51. The van der Waals surface area contributed by atoms with E-state index in [0.29, 0.717) is 5.69 Å². The number of carbonyl (C=O) groups is 1. The van der Waals surface area contributed by atoms with Crippen LogP contribution in [0.5, 0.6) is 0 Å². The maximum absolute atomic E-state index is 12.7. The second kappa shape index (κ2) is 4.10. The molecule has 0 saturated carbocycles. The maximum Gasteiger partial charge on any atom is 0.364 e. The molecular weight excluding hydrogens is 217 g/mol. The van der Waals surface area contributed by atoms with Crippen molar-refractivity contribution >= 4 is 23.4 Å². The normalized spacial score (nSPS) is 12.9. The number of halogens is 1. The van der Waals surface area contributed by atoms with Gasteiger partial charge in [-0.2, -0.15) is 4.39 Å². The molecule has 0 aromatic carbocycles. The first-order valence-corrected chi connectivity index (χ1v) is 5.25. The average molecular weight is 229 g/mol. The summed E-state index contributed by atoms with van der Waals surface area (Å²) in [6.45, 7) is 5.98. The summed E-state index contributed by atoms with van der Waals surface area (Å²) in [4.78, 5) is 14.4. The molecule has 1 aromatic rings. The van der Waals surface area contributed by atoms with Gasteiger partial charge in [0, 0.05) is 16.9 Å². The van der Waals surface area contributed by atoms with E-state index >= 15 is 0 Å². The van der Waals surface area contributed by atoms with Gasteiger partial charge in [-0.15, -0.1) is 11.3 Å². The third-order valence-corrected chi connectivity index (χ3v) is 2.93. The molecule has 1 rings (SSSR count). The Hall–Kier alpha value is -1.23. The van der Waals surface area contributed by atoms with E-state index in [-0.39, 0.29) is 5.41 Å². The van der Waals surface area contributed by atoms with Crippen molar-refractivity contribution in [2.45, 2.75) is 26.2 Å². The molecule has 1 N–H and O–H groups in total. The molecule has 0 unspecified atom stereocenters. The van der Waals surface area contributed by atoms with Gasteiger partial charge in [0.25, 0.3) is 0 Å². The smallest absolute Gasteiger partial charge is 0.364 e. The molecule has 1 heterocycles. The van der Waals surface area contributed by atoms with Crippen molar-refractivity contribution in [2.75, 3.05) is 0 Å². The number of carboxylic acid groups (broad SMARTS) is 1. The van der Waals surface area contributed by atoms with Gasteiger partial charge in [-0.25, -0.2) is 9.78 Å². The Labute approximate surface area is 91.3 Å². The molecule has 1 aromatic heterocycles. The van der Waals surface area contributed by atoms with Crippen LogP contribution in [0.15, 0.2) is 11.2 Å². The zero-order valence-electron chi connectivity index (χ0n) is 8.74. The summed E-state index contributed by atoms with van der Waals surface area (Å²) in [7, 11) is 0. The van der Waals surface area contributed by atoms with E-state index < -0.39 is 11.8 Å². The zero-order valence-corrected chi connectivity index (χ0v) is 9.56. The lowest BCUT2D eigenvalue weighted by Gasteiger charge is -2.13. The van der Waals surface area contributed by atoms with Crippen LogP contribution >= 0.6 is 11.3 Å². The monoisotopic (exact) mass is 229 g/mol. The van der Waals surface area contributed by atoms with Gasteiger partial charge in [-0.3, -0.25) is 0 Å². The van der Waals surface area contributed by atoms with E-state index in [1.807, 2.05) is 20.8 Å². The van der Waals surface area contributed by atoms with Crippen molar-refractivity contribution < 1.29 is 14.3 Å². The molecule has 0 fully saturated rings. The number of carboxylic acids is 1. The Morgan fingerprint density at radius 1 is 1.60 bits per heavy atom. The van der Waals surface area contributed by atoms with Crippen molar-refractivity contribution in [1.29, 1.82) is 0 Å². The molecule has 0 bridgehead atoms. The first kappa shape index (κ1) is 11.8. The van der Waals surface area contributed by atoms with Crippen LogP contribution in [0.3, 0.4) is 0 Å². The van der Waals surface area contributed by atoms with E-state index in [2.05, 4.69) is 4.98 Å². The van der Waals surface area contributed by atoms with Crippen LogP contribution in [0.25, 0.3) is 6.08 Å². The first-order valence-electron chi connectivity index (χ1n) is 4.37. The third kappa shape index (κ3) is 3.13. The molecule has 15 heavy (non-hydrogen) atoms. The lowest BCUT2D eigenvalue weighted by molar-refractivity contribution is -0.134. The number of aliphatic carboxylic acids is 1. The van der Waals surface area contributed by atoms with Gasteiger partial charge in [0.2, 0.25) is 5.83 Å². The molecule has 0 amide bonds. The van der Waals surface area contributed by atoms with Crippen LogP contribution in [0.1, 0.15) is 31.5 Å². The van der Waals surface area contributed by atoms with Crippen molar-refractivity contribution in [3.63, 3.8) is 0 Å². The summed E-state index contributed by atoms with van der Waals surface area (Å²) < 4.78 is 12.7. The second-order valence-electron chi connectivity index (χ2n) is 4.12. The summed E-state index contributed by atoms with van der Waals surface area (Å²) in [6, 6.07) is 0. The fraction of sp³-hybridized carbons (Fsp3) is 0.400. The highest BCUT2D eigenvalue weighted by Crippen LogP contribution is 2.26. The van der Waals surface area contributed by atoms with Crippen LogP contribution in [0.2, 0.25) is 0 Å². The van der Waals surface area contributed by atoms with Crippen LogP contribution < -0.4 is 0 Å². The molecule has 5 heteroatoms. The minimum atomic E-state index is -1.57. The second-order valence-corrected chi connectivity index (χ2v) is 4.98. The third-order valence-electron chi connectivity index (χ3n) is 1.64. The summed E-state index contributed by atoms with van der Waals surface area (Å²) >= 11 is 1.39. The molecule has 3 nitrogen and oxygen atoms in total. The molecule has 0 aliphatic rings. The predicted octanol–water partition coefficient (Wildman–Crippen LogP) is 2.84. The van der Waals surface area contributed by atoms with Crippen LogP contribution in [0.4, 0.5) is 4.39 Å². The Morgan fingerprint density at radius 3 is 2.60 bits per heavy atom. The highest BCUT2D eigenvalue weighted by molar-refractivity contribution is 7.09. The Balaban J connectivity index is 2.96. The molecule has 82 valence electrons. The number of aromatic nitrogens is 1. The summed E-state index contributed by atoms with van der Waals surface area (Å²) in [5.41, 5.74) is 0.251. The quantitative estimate of drug-likeness (QED) is 0.793. The fourth-order valence-electron chi connectivity index (χ4n) is 0.888. The van der Waals surface area contributed by atoms with E-state index in [9.17, 15) is 9.18 Å². The molecule has 0 aliphatic heterocycles. The lowest BCUT2D eigenvalue weighted by Crippen LogP contribution is -2.10. The van der Waals surface area contributed by atoms with Crippen LogP contribution in [-0.2, 0) is 10.2 Å². The molecule has 0 atom stereocenters. The van der Waals surface area contributed by atoms with Crippen molar-refractivity contribution in [3.8, 4) is 0 Å². The van der Waals surface area contributed by atoms with Gasteiger partial charge in [0.1, 0.15) is 0 Å². The highest BCUT2D eigenvalue weighted by atomic mass is 32.1. The van der Waals surface area contributed by atoms with Gasteiger partial charge in [-0.05, 0) is 0 Å². The van der Waals surface area contributed by atoms with E-state index in [0.717, 1.165) is 11.1 Å². The van der Waals surface area contributed by atoms with Gasteiger partial charge >= 0.3 is 5.97 Å². The van der Waals surface area contributed by atoms with E-state index in [1.165, 1.54) is 11.3 Å². The maximum atomic E-state index is 12.7. The number of hydrogen-bond donors (Lipinski definition) is 1. The molecular formula is C10H12FNO2S. The standard InChI is InChI=1S/C10H12FNO2S/c1-10(2,3)9-12-6(5-15-9)4-7(11)8(13)14/h4-5H,1-3H3,(H,13,14)/b7-4+. The van der Waals surface area contributed by atoms with E-state index in [1.54, 1.807) is 5.38 Å². The largest absolute Gasteiger partial charge is 0.476 e. The lowest BCUT2D eigenvalue weighted by atomic mass is 9.98. The predicted molar refractivity (Wildman–Crippen MR) is 57.5 cm³/mol. The van der Waals surface area contributed by atoms with Gasteiger partial charge in [0.05, 0.1) is 10.7 Å². The summed E-state index contributed by atoms with van der Waals surface area (Å²) in [5, 5.41) is 10.8. The summed E-state index contributed by atoms with van der Waals surface area (Å²) in [5.74, 6) is -2.76. The number of rotatable bonds is 2. The Morgan fingerprint density at radius 2 is 2.20 bits per heavy atom. The summed E-state index contributed by atoms with van der Waals surface area (Å²) in [6.07, 6.45) is 0.925. The van der Waals surface area contributed by atoms with E-state index in [4.69, 9.17) is 5.11 Å². The number of nitrogens with zero attached hydrogens (tertiary/aromatic N) is 1. The van der Waals surface area contributed by atoms with Crippen LogP contribution in [-0.4, -0.2) is 16.1 Å². The molecule has 0 aliphatic carbocycles. The number of hydrogen-bond acceptors (Lipinski definition) is 3. The number of thiazole rings is 1. The SMILES string of the molecule is CC(C)(C)c1nc(/C=C(/F)C(=O)O)cs1. The van der Waals surface area contributed by atoms with Gasteiger partial charge in [0.15, 0.2) is 0 Å². The molecule has 0 saturated heterocycles. The highest BCUT2D eigenvalue weighted by Gasteiger charge is 2.18. The zero-order chi connectivity index (χ0) is 11.6. The Kier molecular flexibility index (Phi) is 3.24. The van der Waals surface area contributed by atoms with Crippen molar-refractivity contribution in [2.24, 2.45) is 0 Å². The van der Waals surface area contributed by atoms with Crippen molar-refractivity contribution in [1.82, 2.24) is 4.98 Å². The topological polar surface area (TPSA) is 50.2 Å². The molecule has 0 radical (unpaired) electrons. The first-order chi connectivity index (χ1) is 6.80. The van der Waals surface area contributed by atoms with Crippen LogP contribution in [0, 0.1) is 0 Å². The minimum absolute atomic E-state index is 0.101. The van der Waals surface area contributed by atoms with Gasteiger partial charge < -0.3 is 5.11 Å².